The summed E-state index contributed by atoms with van der Waals surface area (Å²) in [6.45, 7) is 0. The van der Waals surface area contributed by atoms with Crippen LogP contribution in [0, 0.1) is 5.92 Å². The minimum absolute atomic E-state index is 0.0390. The average Bonchev–Trinajstić information content (AvgIpc) is 3.11. The second-order valence-electron chi connectivity index (χ2n) is 4.89. The van der Waals surface area contributed by atoms with Gasteiger partial charge < -0.3 is 10.2 Å². The molecule has 1 aliphatic carbocycles. The fraction of sp³-hybridized carbons (Fsp3) is 0.462. The smallest absolute Gasteiger partial charge is 0.377 e. The van der Waals surface area contributed by atoms with Crippen molar-refractivity contribution in [1.82, 2.24) is 0 Å². The number of anilines is 2. The number of nitrogens with zero attached hydrogens (tertiary/aromatic N) is 1. The Morgan fingerprint density at radius 3 is 2.42 bits per heavy atom. The van der Waals surface area contributed by atoms with Crippen LogP contribution in [-0.2, 0) is 11.0 Å². The molecule has 19 heavy (non-hydrogen) atoms. The first-order chi connectivity index (χ1) is 8.79. The van der Waals surface area contributed by atoms with E-state index in [2.05, 4.69) is 5.32 Å². The van der Waals surface area contributed by atoms with Crippen molar-refractivity contribution in [3.63, 3.8) is 0 Å². The zero-order valence-corrected chi connectivity index (χ0v) is 10.7. The summed E-state index contributed by atoms with van der Waals surface area (Å²) in [5.74, 6) is -0.242. The van der Waals surface area contributed by atoms with Gasteiger partial charge in [-0.25, -0.2) is 0 Å². The number of carbonyl (C=O) groups excluding carboxylic acids is 1. The summed E-state index contributed by atoms with van der Waals surface area (Å²) in [6, 6.07) is 3.84. The summed E-state index contributed by atoms with van der Waals surface area (Å²) in [6.07, 6.45) is -2.82. The highest BCUT2D eigenvalue weighted by Gasteiger charge is 2.35. The van der Waals surface area contributed by atoms with Crippen LogP contribution in [0.1, 0.15) is 18.4 Å². The highest BCUT2D eigenvalue weighted by molar-refractivity contribution is 5.94. The van der Waals surface area contributed by atoms with Gasteiger partial charge in [0.2, 0.25) is 5.91 Å². The molecule has 104 valence electrons. The second kappa shape index (κ2) is 4.75. The number of hydrogen-bond donors (Lipinski definition) is 1. The van der Waals surface area contributed by atoms with Crippen molar-refractivity contribution in [2.24, 2.45) is 5.92 Å². The van der Waals surface area contributed by atoms with E-state index in [4.69, 9.17) is 0 Å². The summed E-state index contributed by atoms with van der Waals surface area (Å²) < 4.78 is 38.9. The Morgan fingerprint density at radius 2 is 1.95 bits per heavy atom. The lowest BCUT2D eigenvalue weighted by molar-refractivity contribution is -0.137. The molecule has 0 unspecified atom stereocenters. The van der Waals surface area contributed by atoms with Crippen molar-refractivity contribution in [2.75, 3.05) is 24.3 Å². The van der Waals surface area contributed by atoms with Gasteiger partial charge >= 0.3 is 6.18 Å². The number of alkyl halides is 3. The van der Waals surface area contributed by atoms with E-state index in [0.717, 1.165) is 18.9 Å². The predicted octanol–water partition coefficient (Wildman–Crippen LogP) is 3.12. The maximum Gasteiger partial charge on any atom is 0.418 e. The third-order valence-corrected chi connectivity index (χ3v) is 3.00. The topological polar surface area (TPSA) is 32.3 Å². The number of nitrogens with one attached hydrogen (secondary N) is 1. The second-order valence-corrected chi connectivity index (χ2v) is 4.89. The maximum atomic E-state index is 13.0. The largest absolute Gasteiger partial charge is 0.418 e. The Bertz CT molecular complexity index is 493. The third-order valence-electron chi connectivity index (χ3n) is 3.00. The highest BCUT2D eigenvalue weighted by atomic mass is 19.4. The molecule has 0 radical (unpaired) electrons. The highest BCUT2D eigenvalue weighted by Crippen LogP contribution is 2.38. The summed E-state index contributed by atoms with van der Waals surface area (Å²) in [5, 5.41) is 2.53. The SMILES string of the molecule is CN(C)c1ccc(NC(=O)C2CC2)cc1C(F)(F)F. The van der Waals surface area contributed by atoms with Gasteiger partial charge in [-0.1, -0.05) is 0 Å². The molecule has 1 aromatic rings. The van der Waals surface area contributed by atoms with Crippen molar-refractivity contribution in [3.8, 4) is 0 Å². The van der Waals surface area contributed by atoms with E-state index < -0.39 is 11.7 Å². The number of halogens is 3. The first kappa shape index (κ1) is 13.7. The van der Waals surface area contributed by atoms with Gasteiger partial charge in [0.05, 0.1) is 5.56 Å². The molecule has 0 saturated heterocycles. The van der Waals surface area contributed by atoms with Crippen molar-refractivity contribution >= 4 is 17.3 Å². The molecule has 1 saturated carbocycles. The number of hydrogen-bond acceptors (Lipinski definition) is 2. The van der Waals surface area contributed by atoms with E-state index in [1.54, 1.807) is 14.1 Å². The van der Waals surface area contributed by atoms with Crippen molar-refractivity contribution in [3.05, 3.63) is 23.8 Å². The van der Waals surface area contributed by atoms with Crippen LogP contribution < -0.4 is 10.2 Å². The van der Waals surface area contributed by atoms with Crippen molar-refractivity contribution in [1.29, 1.82) is 0 Å². The van der Waals surface area contributed by atoms with Crippen molar-refractivity contribution in [2.45, 2.75) is 19.0 Å². The molecule has 3 nitrogen and oxygen atoms in total. The van der Waals surface area contributed by atoms with Crippen LogP contribution in [0.4, 0.5) is 24.5 Å². The zero-order chi connectivity index (χ0) is 14.2. The van der Waals surface area contributed by atoms with Gasteiger partial charge in [-0.05, 0) is 31.0 Å². The molecule has 1 aromatic carbocycles. The van der Waals surface area contributed by atoms with Crippen molar-refractivity contribution < 1.29 is 18.0 Å². The van der Waals surface area contributed by atoms with Crippen LogP contribution in [0.5, 0.6) is 0 Å². The van der Waals surface area contributed by atoms with E-state index in [9.17, 15) is 18.0 Å². The quantitative estimate of drug-likeness (QED) is 0.917. The van der Waals surface area contributed by atoms with E-state index in [0.29, 0.717) is 0 Å². The molecule has 1 aliphatic rings. The van der Waals surface area contributed by atoms with Crippen LogP contribution in [-0.4, -0.2) is 20.0 Å². The number of carbonyl (C=O) groups is 1. The Morgan fingerprint density at radius 1 is 1.32 bits per heavy atom. The lowest BCUT2D eigenvalue weighted by atomic mass is 10.1. The zero-order valence-electron chi connectivity index (χ0n) is 10.7. The average molecular weight is 272 g/mol. The standard InChI is InChI=1S/C13H15F3N2O/c1-18(2)11-6-5-9(7-10(11)13(14,15)16)17-12(19)8-3-4-8/h5-8H,3-4H2,1-2H3,(H,17,19). The molecule has 1 fully saturated rings. The third kappa shape index (κ3) is 3.19. The summed E-state index contributed by atoms with van der Waals surface area (Å²) in [7, 11) is 3.10. The number of amides is 1. The monoisotopic (exact) mass is 272 g/mol. The first-order valence-corrected chi connectivity index (χ1v) is 5.98. The van der Waals surface area contributed by atoms with E-state index in [1.165, 1.54) is 17.0 Å². The summed E-state index contributed by atoms with van der Waals surface area (Å²) in [4.78, 5) is 12.9. The molecule has 0 aliphatic heterocycles. The van der Waals surface area contributed by atoms with E-state index in [1.807, 2.05) is 0 Å². The van der Waals surface area contributed by atoms with Gasteiger partial charge in [-0.3, -0.25) is 4.79 Å². The Hall–Kier alpha value is -1.72. The minimum atomic E-state index is -4.44. The molecular weight excluding hydrogens is 257 g/mol. The van der Waals surface area contributed by atoms with Crippen LogP contribution in [0.3, 0.4) is 0 Å². The maximum absolute atomic E-state index is 13.0. The molecule has 0 heterocycles. The van der Waals surface area contributed by atoms with Gasteiger partial charge in [0.25, 0.3) is 0 Å². The molecule has 1 N–H and O–H groups in total. The molecule has 0 spiro atoms. The fourth-order valence-electron chi connectivity index (χ4n) is 1.82. The van der Waals surface area contributed by atoms with Gasteiger partial charge in [0, 0.05) is 31.4 Å². The van der Waals surface area contributed by atoms with Crippen LogP contribution in [0.15, 0.2) is 18.2 Å². The predicted molar refractivity (Wildman–Crippen MR) is 67.1 cm³/mol. The van der Waals surface area contributed by atoms with Crippen LogP contribution >= 0.6 is 0 Å². The fourth-order valence-corrected chi connectivity index (χ4v) is 1.82. The lowest BCUT2D eigenvalue weighted by Crippen LogP contribution is -2.18. The minimum Gasteiger partial charge on any atom is -0.377 e. The van der Waals surface area contributed by atoms with E-state index in [-0.39, 0.29) is 23.2 Å². The number of benzene rings is 1. The molecule has 0 aromatic heterocycles. The number of rotatable bonds is 3. The van der Waals surface area contributed by atoms with Gasteiger partial charge in [-0.15, -0.1) is 0 Å². The Labute approximate surface area is 109 Å². The van der Waals surface area contributed by atoms with Gasteiger partial charge in [-0.2, -0.15) is 13.2 Å². The van der Waals surface area contributed by atoms with Gasteiger partial charge in [0.1, 0.15) is 0 Å². The summed E-state index contributed by atoms with van der Waals surface area (Å²) >= 11 is 0. The van der Waals surface area contributed by atoms with E-state index >= 15 is 0 Å². The van der Waals surface area contributed by atoms with Crippen LogP contribution in [0.25, 0.3) is 0 Å². The molecule has 0 bridgehead atoms. The molecule has 6 heteroatoms. The molecule has 0 atom stereocenters. The van der Waals surface area contributed by atoms with Crippen LogP contribution in [0.2, 0.25) is 0 Å². The molecule has 2 rings (SSSR count). The lowest BCUT2D eigenvalue weighted by Gasteiger charge is -2.20. The first-order valence-electron chi connectivity index (χ1n) is 5.98. The Balaban J connectivity index is 2.29. The summed E-state index contributed by atoms with van der Waals surface area (Å²) in [5.41, 5.74) is -0.474. The Kier molecular flexibility index (Phi) is 3.43. The molecule has 1 amide bonds. The van der Waals surface area contributed by atoms with Gasteiger partial charge in [0.15, 0.2) is 0 Å². The molecular formula is C13H15F3N2O. The normalized spacial score (nSPS) is 15.2.